The van der Waals surface area contributed by atoms with E-state index in [-0.39, 0.29) is 11.7 Å². The molecule has 0 saturated heterocycles. The van der Waals surface area contributed by atoms with Gasteiger partial charge in [0.05, 0.1) is 5.00 Å². The van der Waals surface area contributed by atoms with Crippen LogP contribution in [0.4, 0.5) is 9.39 Å². The molecule has 1 aromatic carbocycles. The fourth-order valence-electron chi connectivity index (χ4n) is 1.42. The van der Waals surface area contributed by atoms with Crippen LogP contribution in [0.25, 0.3) is 0 Å². The van der Waals surface area contributed by atoms with Crippen molar-refractivity contribution >= 4 is 22.2 Å². The highest BCUT2D eigenvalue weighted by Crippen LogP contribution is 2.25. The maximum Gasteiger partial charge on any atom is 0.256 e. The van der Waals surface area contributed by atoms with Crippen molar-refractivity contribution in [2.24, 2.45) is 0 Å². The van der Waals surface area contributed by atoms with Crippen LogP contribution >= 0.6 is 11.3 Å². The van der Waals surface area contributed by atoms with Gasteiger partial charge < -0.3 is 5.32 Å². The molecule has 2 rings (SSSR count). The summed E-state index contributed by atoms with van der Waals surface area (Å²) in [5.74, 6) is -0.560. The van der Waals surface area contributed by atoms with Gasteiger partial charge in [-0.1, -0.05) is 0 Å². The van der Waals surface area contributed by atoms with E-state index in [1.807, 2.05) is 19.9 Å². The third-order valence-electron chi connectivity index (χ3n) is 2.51. The van der Waals surface area contributed by atoms with Gasteiger partial charge in [0, 0.05) is 10.4 Å². The number of hydrogen-bond acceptors (Lipinski definition) is 2. The van der Waals surface area contributed by atoms with Gasteiger partial charge in [0.1, 0.15) is 5.82 Å². The summed E-state index contributed by atoms with van der Waals surface area (Å²) in [4.78, 5) is 13.0. The van der Waals surface area contributed by atoms with Crippen LogP contribution in [0.5, 0.6) is 0 Å². The van der Waals surface area contributed by atoms with Crippen LogP contribution in [-0.2, 0) is 0 Å². The van der Waals surface area contributed by atoms with Gasteiger partial charge in [0.2, 0.25) is 0 Å². The van der Waals surface area contributed by atoms with Crippen molar-refractivity contribution in [3.8, 4) is 0 Å². The first-order valence-electron chi connectivity index (χ1n) is 5.20. The first-order chi connectivity index (χ1) is 8.06. The molecule has 1 amide bonds. The SMILES string of the molecule is Cc1cc(NC(=O)c2ccc(F)cc2)sc1C. The van der Waals surface area contributed by atoms with Crippen molar-refractivity contribution in [2.75, 3.05) is 5.32 Å². The summed E-state index contributed by atoms with van der Waals surface area (Å²) >= 11 is 1.53. The molecule has 1 aromatic heterocycles. The smallest absolute Gasteiger partial charge is 0.256 e. The van der Waals surface area contributed by atoms with Crippen LogP contribution in [0, 0.1) is 19.7 Å². The molecule has 0 fully saturated rings. The number of benzene rings is 1. The van der Waals surface area contributed by atoms with Crippen LogP contribution in [0.2, 0.25) is 0 Å². The summed E-state index contributed by atoms with van der Waals surface area (Å²) in [6, 6.07) is 7.43. The molecular weight excluding hydrogens is 237 g/mol. The molecule has 0 aliphatic rings. The highest BCUT2D eigenvalue weighted by atomic mass is 32.1. The Hall–Kier alpha value is -1.68. The molecule has 88 valence electrons. The average molecular weight is 249 g/mol. The van der Waals surface area contributed by atoms with Crippen LogP contribution in [0.3, 0.4) is 0 Å². The minimum atomic E-state index is -0.343. The van der Waals surface area contributed by atoms with E-state index in [0.29, 0.717) is 5.56 Å². The molecule has 0 radical (unpaired) electrons. The van der Waals surface area contributed by atoms with Gasteiger partial charge >= 0.3 is 0 Å². The zero-order valence-corrected chi connectivity index (χ0v) is 10.4. The number of halogens is 1. The number of carbonyl (C=O) groups is 1. The van der Waals surface area contributed by atoms with Crippen molar-refractivity contribution < 1.29 is 9.18 Å². The second-order valence-electron chi connectivity index (χ2n) is 3.81. The van der Waals surface area contributed by atoms with E-state index in [2.05, 4.69) is 5.32 Å². The quantitative estimate of drug-likeness (QED) is 0.862. The minimum Gasteiger partial charge on any atom is -0.314 e. The van der Waals surface area contributed by atoms with Crippen molar-refractivity contribution in [2.45, 2.75) is 13.8 Å². The van der Waals surface area contributed by atoms with E-state index in [0.717, 1.165) is 10.6 Å². The second kappa shape index (κ2) is 4.67. The van der Waals surface area contributed by atoms with Gasteiger partial charge in [-0.25, -0.2) is 4.39 Å². The summed E-state index contributed by atoms with van der Waals surface area (Å²) in [6.45, 7) is 4.01. The highest BCUT2D eigenvalue weighted by molar-refractivity contribution is 7.16. The second-order valence-corrected chi connectivity index (χ2v) is 5.07. The van der Waals surface area contributed by atoms with E-state index in [1.165, 1.54) is 40.5 Å². The summed E-state index contributed by atoms with van der Waals surface area (Å²) in [7, 11) is 0. The molecule has 0 unspecified atom stereocenters. The summed E-state index contributed by atoms with van der Waals surface area (Å²) in [5, 5.41) is 3.61. The van der Waals surface area contributed by atoms with Crippen molar-refractivity contribution in [1.82, 2.24) is 0 Å². The largest absolute Gasteiger partial charge is 0.314 e. The van der Waals surface area contributed by atoms with Gasteiger partial charge in [-0.05, 0) is 49.7 Å². The van der Waals surface area contributed by atoms with Crippen molar-refractivity contribution in [3.63, 3.8) is 0 Å². The molecule has 4 heteroatoms. The summed E-state index contributed by atoms with van der Waals surface area (Å²) < 4.78 is 12.7. The van der Waals surface area contributed by atoms with Crippen LogP contribution in [0.1, 0.15) is 20.8 Å². The molecule has 2 aromatic rings. The first-order valence-corrected chi connectivity index (χ1v) is 6.02. The normalized spacial score (nSPS) is 10.3. The first kappa shape index (κ1) is 11.8. The Morgan fingerprint density at radius 3 is 2.41 bits per heavy atom. The van der Waals surface area contributed by atoms with Gasteiger partial charge in [-0.3, -0.25) is 4.79 Å². The lowest BCUT2D eigenvalue weighted by molar-refractivity contribution is 0.102. The molecule has 0 aliphatic carbocycles. The van der Waals surface area contributed by atoms with Crippen LogP contribution in [0.15, 0.2) is 30.3 Å². The molecule has 1 N–H and O–H groups in total. The third kappa shape index (κ3) is 2.71. The molecular formula is C13H12FNOS. The number of anilines is 1. The number of hydrogen-bond donors (Lipinski definition) is 1. The van der Waals surface area contributed by atoms with Gasteiger partial charge in [-0.15, -0.1) is 11.3 Å². The maximum absolute atomic E-state index is 12.7. The van der Waals surface area contributed by atoms with Crippen LogP contribution < -0.4 is 5.32 Å². The predicted octanol–water partition coefficient (Wildman–Crippen LogP) is 3.76. The lowest BCUT2D eigenvalue weighted by Gasteiger charge is -2.01. The molecule has 0 spiro atoms. The fraction of sp³-hybridized carbons (Fsp3) is 0.154. The number of thiophene rings is 1. The van der Waals surface area contributed by atoms with Gasteiger partial charge in [-0.2, -0.15) is 0 Å². The standard InChI is InChI=1S/C13H12FNOS/c1-8-7-12(17-9(8)2)15-13(16)10-3-5-11(14)6-4-10/h3-7H,1-2H3,(H,15,16). The van der Waals surface area contributed by atoms with Gasteiger partial charge in [0.25, 0.3) is 5.91 Å². The predicted molar refractivity (Wildman–Crippen MR) is 68.1 cm³/mol. The number of carbonyl (C=O) groups excluding carboxylic acids is 1. The Labute approximate surface area is 103 Å². The highest BCUT2D eigenvalue weighted by Gasteiger charge is 2.08. The summed E-state index contributed by atoms with van der Waals surface area (Å²) in [6.07, 6.45) is 0. The Morgan fingerprint density at radius 2 is 1.88 bits per heavy atom. The van der Waals surface area contributed by atoms with Gasteiger partial charge in [0.15, 0.2) is 0 Å². The van der Waals surface area contributed by atoms with E-state index >= 15 is 0 Å². The van der Waals surface area contributed by atoms with E-state index in [1.54, 1.807) is 0 Å². The zero-order valence-electron chi connectivity index (χ0n) is 9.58. The van der Waals surface area contributed by atoms with E-state index < -0.39 is 0 Å². The van der Waals surface area contributed by atoms with Crippen molar-refractivity contribution in [3.05, 3.63) is 52.2 Å². The average Bonchev–Trinajstić information content (AvgIpc) is 2.58. The zero-order chi connectivity index (χ0) is 12.4. The Kier molecular flexibility index (Phi) is 3.24. The Morgan fingerprint density at radius 1 is 1.24 bits per heavy atom. The number of aryl methyl sites for hydroxylation is 2. The topological polar surface area (TPSA) is 29.1 Å². The number of amides is 1. The summed E-state index contributed by atoms with van der Waals surface area (Å²) in [5.41, 5.74) is 1.61. The fourth-order valence-corrected chi connectivity index (χ4v) is 2.35. The molecule has 1 heterocycles. The molecule has 0 bridgehead atoms. The lowest BCUT2D eigenvalue weighted by Crippen LogP contribution is -2.10. The van der Waals surface area contributed by atoms with Crippen LogP contribution in [-0.4, -0.2) is 5.91 Å². The lowest BCUT2D eigenvalue weighted by atomic mass is 10.2. The molecule has 0 atom stereocenters. The number of rotatable bonds is 2. The molecule has 0 saturated carbocycles. The van der Waals surface area contributed by atoms with Crippen molar-refractivity contribution in [1.29, 1.82) is 0 Å². The van der Waals surface area contributed by atoms with E-state index in [4.69, 9.17) is 0 Å². The monoisotopic (exact) mass is 249 g/mol. The Bertz CT molecular complexity index is 526. The minimum absolute atomic E-state index is 0.216. The molecule has 0 aliphatic heterocycles. The van der Waals surface area contributed by atoms with E-state index in [9.17, 15) is 9.18 Å². The third-order valence-corrected chi connectivity index (χ3v) is 3.58. The molecule has 17 heavy (non-hydrogen) atoms. The maximum atomic E-state index is 12.7. The number of nitrogens with one attached hydrogen (secondary N) is 1. The Balaban J connectivity index is 2.14. The molecule has 2 nitrogen and oxygen atoms in total.